The highest BCUT2D eigenvalue weighted by Gasteiger charge is 2.49. The zero-order valence-electron chi connectivity index (χ0n) is 13.6. The van der Waals surface area contributed by atoms with Crippen molar-refractivity contribution >= 4 is 17.8 Å². The fourth-order valence-corrected chi connectivity index (χ4v) is 2.11. The van der Waals surface area contributed by atoms with Crippen molar-refractivity contribution in [2.75, 3.05) is 13.2 Å². The molecular weight excluding hydrogens is 298 g/mol. The van der Waals surface area contributed by atoms with E-state index in [-0.39, 0.29) is 19.6 Å². The Hall–Kier alpha value is -2.37. The first-order valence-electron chi connectivity index (χ1n) is 7.55. The van der Waals surface area contributed by atoms with Crippen molar-refractivity contribution in [2.45, 2.75) is 38.6 Å². The molecule has 0 radical (unpaired) electrons. The Morgan fingerprint density at radius 2 is 2.04 bits per heavy atom. The quantitative estimate of drug-likeness (QED) is 0.487. The van der Waals surface area contributed by atoms with Crippen LogP contribution in [-0.4, -0.2) is 36.6 Å². The summed E-state index contributed by atoms with van der Waals surface area (Å²) >= 11 is 0. The summed E-state index contributed by atoms with van der Waals surface area (Å²) in [4.78, 5) is 36.4. The predicted molar refractivity (Wildman–Crippen MR) is 85.4 cm³/mol. The monoisotopic (exact) mass is 321 g/mol. The van der Waals surface area contributed by atoms with Gasteiger partial charge in [-0.1, -0.05) is 30.9 Å². The van der Waals surface area contributed by atoms with Gasteiger partial charge in [-0.2, -0.15) is 0 Å². The Kier molecular flexibility index (Phi) is 7.25. The van der Waals surface area contributed by atoms with Crippen LogP contribution >= 0.6 is 0 Å². The molecule has 0 aliphatic carbocycles. The van der Waals surface area contributed by atoms with Crippen LogP contribution in [0.1, 0.15) is 33.1 Å². The van der Waals surface area contributed by atoms with E-state index in [1.165, 1.54) is 6.92 Å². The fourth-order valence-electron chi connectivity index (χ4n) is 2.11. The number of ether oxygens (including phenoxy) is 2. The van der Waals surface area contributed by atoms with Gasteiger partial charge in [0.25, 0.3) is 0 Å². The Balaban J connectivity index is 3.17. The van der Waals surface area contributed by atoms with E-state index in [9.17, 15) is 14.4 Å². The summed E-state index contributed by atoms with van der Waals surface area (Å²) in [5.74, 6) is -2.21. The van der Waals surface area contributed by atoms with Crippen LogP contribution in [0.4, 0.5) is 0 Å². The Morgan fingerprint density at radius 3 is 2.70 bits per heavy atom. The topological polar surface area (TPSA) is 81.7 Å². The van der Waals surface area contributed by atoms with Gasteiger partial charge in [-0.3, -0.25) is 4.79 Å². The van der Waals surface area contributed by atoms with Crippen molar-refractivity contribution in [3.8, 4) is 0 Å². The van der Waals surface area contributed by atoms with Crippen LogP contribution < -0.4 is 5.32 Å². The molecule has 23 heavy (non-hydrogen) atoms. The van der Waals surface area contributed by atoms with Gasteiger partial charge in [0.15, 0.2) is 0 Å². The normalized spacial score (nSPS) is 25.3. The molecule has 0 aromatic carbocycles. The summed E-state index contributed by atoms with van der Waals surface area (Å²) in [5.41, 5.74) is -1.27. The van der Waals surface area contributed by atoms with Crippen molar-refractivity contribution in [1.29, 1.82) is 0 Å². The second-order valence-electron chi connectivity index (χ2n) is 5.20. The number of allylic oxidation sites excluding steroid dienone is 2. The molecule has 6 heteroatoms. The molecule has 126 valence electrons. The molecule has 1 atom stereocenters. The van der Waals surface area contributed by atoms with Gasteiger partial charge in [-0.25, -0.2) is 9.59 Å². The summed E-state index contributed by atoms with van der Waals surface area (Å²) in [5, 5.41) is 2.41. The Labute approximate surface area is 136 Å². The predicted octanol–water partition coefficient (Wildman–Crippen LogP) is 1.82. The van der Waals surface area contributed by atoms with E-state index in [0.29, 0.717) is 5.57 Å². The number of amides is 1. The summed E-state index contributed by atoms with van der Waals surface area (Å²) in [6.07, 6.45) is 8.76. The Bertz CT molecular complexity index is 535. The minimum absolute atomic E-state index is 0.0273. The number of hydrogen-bond donors (Lipinski definition) is 1. The molecule has 1 N–H and O–H groups in total. The average Bonchev–Trinajstić information content (AvgIpc) is 2.49. The van der Waals surface area contributed by atoms with Crippen molar-refractivity contribution in [1.82, 2.24) is 5.32 Å². The molecule has 0 bridgehead atoms. The molecular formula is C17H23NO5. The number of rotatable bonds is 3. The lowest BCUT2D eigenvalue weighted by atomic mass is 9.94. The van der Waals surface area contributed by atoms with Crippen molar-refractivity contribution in [3.05, 3.63) is 36.5 Å². The third kappa shape index (κ3) is 5.39. The minimum Gasteiger partial charge on any atom is -0.464 e. The number of carbonyl (C=O) groups is 3. The number of nitrogens with one attached hydrogen (secondary N) is 1. The molecule has 1 aliphatic rings. The van der Waals surface area contributed by atoms with Gasteiger partial charge >= 0.3 is 11.9 Å². The van der Waals surface area contributed by atoms with Gasteiger partial charge in [0.2, 0.25) is 11.4 Å². The van der Waals surface area contributed by atoms with Crippen LogP contribution in [0.3, 0.4) is 0 Å². The zero-order chi connectivity index (χ0) is 17.3. The lowest BCUT2D eigenvalue weighted by Gasteiger charge is -2.29. The highest BCUT2D eigenvalue weighted by Crippen LogP contribution is 2.19. The molecule has 0 aromatic heterocycles. The van der Waals surface area contributed by atoms with Gasteiger partial charge < -0.3 is 14.8 Å². The summed E-state index contributed by atoms with van der Waals surface area (Å²) in [7, 11) is 0. The van der Waals surface area contributed by atoms with Gasteiger partial charge in [-0.05, 0) is 25.3 Å². The van der Waals surface area contributed by atoms with E-state index in [4.69, 9.17) is 9.47 Å². The smallest absolute Gasteiger partial charge is 0.344 e. The first-order valence-corrected chi connectivity index (χ1v) is 7.55. The minimum atomic E-state index is -1.87. The molecule has 0 spiro atoms. The molecule has 0 aromatic rings. The number of carbonyl (C=O) groups excluding carboxylic acids is 3. The lowest BCUT2D eigenvalue weighted by molar-refractivity contribution is -0.167. The third-order valence-corrected chi connectivity index (χ3v) is 3.19. The van der Waals surface area contributed by atoms with Gasteiger partial charge in [0.05, 0.1) is 6.61 Å². The molecule has 0 saturated carbocycles. The second kappa shape index (κ2) is 8.92. The molecule has 1 heterocycles. The van der Waals surface area contributed by atoms with Gasteiger partial charge in [0, 0.05) is 13.3 Å². The van der Waals surface area contributed by atoms with Crippen LogP contribution in [0.25, 0.3) is 0 Å². The largest absolute Gasteiger partial charge is 0.464 e. The molecule has 1 amide bonds. The summed E-state index contributed by atoms with van der Waals surface area (Å²) in [6.45, 7) is 6.67. The van der Waals surface area contributed by atoms with Crippen molar-refractivity contribution in [2.24, 2.45) is 0 Å². The highest BCUT2D eigenvalue weighted by atomic mass is 16.6. The maximum absolute atomic E-state index is 12.5. The highest BCUT2D eigenvalue weighted by molar-refractivity contribution is 6.07. The Morgan fingerprint density at radius 1 is 1.35 bits per heavy atom. The average molecular weight is 321 g/mol. The van der Waals surface area contributed by atoms with Gasteiger partial charge in [0.1, 0.15) is 6.61 Å². The molecule has 1 unspecified atom stereocenters. The summed E-state index contributed by atoms with van der Waals surface area (Å²) in [6, 6.07) is 0. The van der Waals surface area contributed by atoms with Crippen LogP contribution in [0, 0.1) is 0 Å². The third-order valence-electron chi connectivity index (χ3n) is 3.19. The lowest BCUT2D eigenvalue weighted by Crippen LogP contribution is -2.61. The molecule has 1 rings (SSSR count). The SMILES string of the molecule is C=C1/C=C\CC/C=C\CC(NC(C)=O)(C(=O)OCC)C(=O)OC1. The van der Waals surface area contributed by atoms with Gasteiger partial charge in [-0.15, -0.1) is 0 Å². The number of cyclic esters (lactones) is 1. The van der Waals surface area contributed by atoms with Crippen molar-refractivity contribution in [3.63, 3.8) is 0 Å². The molecule has 0 fully saturated rings. The van der Waals surface area contributed by atoms with Crippen molar-refractivity contribution < 1.29 is 23.9 Å². The number of hydrogen-bond acceptors (Lipinski definition) is 5. The zero-order valence-corrected chi connectivity index (χ0v) is 13.6. The standard InChI is InChI=1S/C17H23NO5/c1-4-22-15(20)17(18-14(3)19)11-9-7-5-6-8-10-13(2)12-23-16(17)21/h7-10H,2,4-6,11-12H2,1,3H3,(H,18,19)/b9-7-,10-8-. The molecule has 0 saturated heterocycles. The molecule has 6 nitrogen and oxygen atoms in total. The molecule has 1 aliphatic heterocycles. The maximum atomic E-state index is 12.5. The second-order valence-corrected chi connectivity index (χ2v) is 5.20. The first kappa shape index (κ1) is 18.7. The van der Waals surface area contributed by atoms with E-state index in [2.05, 4.69) is 11.9 Å². The fraction of sp³-hybridized carbons (Fsp3) is 0.471. The van der Waals surface area contributed by atoms with Crippen LogP contribution in [-0.2, 0) is 23.9 Å². The first-order chi connectivity index (χ1) is 10.9. The van der Waals surface area contributed by atoms with E-state index < -0.39 is 23.4 Å². The van der Waals surface area contributed by atoms with Crippen LogP contribution in [0.15, 0.2) is 36.5 Å². The summed E-state index contributed by atoms with van der Waals surface area (Å²) < 4.78 is 10.2. The maximum Gasteiger partial charge on any atom is 0.344 e. The van der Waals surface area contributed by atoms with Crippen LogP contribution in [0.2, 0.25) is 0 Å². The van der Waals surface area contributed by atoms with E-state index in [1.807, 2.05) is 12.2 Å². The number of esters is 2. The van der Waals surface area contributed by atoms with E-state index in [1.54, 1.807) is 19.1 Å². The van der Waals surface area contributed by atoms with Crippen LogP contribution in [0.5, 0.6) is 0 Å². The van der Waals surface area contributed by atoms with E-state index >= 15 is 0 Å². The van der Waals surface area contributed by atoms with E-state index in [0.717, 1.165) is 12.8 Å².